The number of aromatic nitrogens is 4. The Hall–Kier alpha value is -1.78. The number of anilines is 1. The Balaban J connectivity index is 2.40. The molecule has 0 saturated carbocycles. The van der Waals surface area contributed by atoms with Gasteiger partial charge in [0.25, 0.3) is 0 Å². The van der Waals surface area contributed by atoms with E-state index in [0.29, 0.717) is 5.82 Å². The van der Waals surface area contributed by atoms with E-state index in [-0.39, 0.29) is 0 Å². The van der Waals surface area contributed by atoms with E-state index in [9.17, 15) is 0 Å². The molecule has 0 aliphatic heterocycles. The van der Waals surface area contributed by atoms with Gasteiger partial charge in [0.2, 0.25) is 0 Å². The fourth-order valence-corrected chi connectivity index (χ4v) is 1.52. The Labute approximate surface area is 88.5 Å². The predicted molar refractivity (Wildman–Crippen MR) is 59.2 cm³/mol. The highest BCUT2D eigenvalue weighted by Gasteiger charge is 2.10. The summed E-state index contributed by atoms with van der Waals surface area (Å²) in [7, 11) is 0. The average Bonchev–Trinajstić information content (AvgIpc) is 2.83. The highest BCUT2D eigenvalue weighted by molar-refractivity contribution is 5.69. The van der Waals surface area contributed by atoms with E-state index in [2.05, 4.69) is 10.1 Å². The maximum absolute atomic E-state index is 5.96. The molecule has 5 nitrogen and oxygen atoms in total. The fourth-order valence-electron chi connectivity index (χ4n) is 1.52. The molecule has 2 aromatic rings. The van der Waals surface area contributed by atoms with Crippen LogP contribution in [0.3, 0.4) is 0 Å². The number of hydrogen-bond donors (Lipinski definition) is 1. The molecule has 0 aliphatic carbocycles. The van der Waals surface area contributed by atoms with Gasteiger partial charge in [0.1, 0.15) is 11.5 Å². The summed E-state index contributed by atoms with van der Waals surface area (Å²) in [5.41, 5.74) is 7.75. The van der Waals surface area contributed by atoms with Crippen molar-refractivity contribution in [3.63, 3.8) is 0 Å². The van der Waals surface area contributed by atoms with E-state index in [4.69, 9.17) is 5.73 Å². The summed E-state index contributed by atoms with van der Waals surface area (Å²) in [6.07, 6.45) is 5.51. The van der Waals surface area contributed by atoms with Crippen LogP contribution in [0, 0.1) is 0 Å². The zero-order valence-electron chi connectivity index (χ0n) is 9.01. The third kappa shape index (κ3) is 1.60. The minimum absolute atomic E-state index is 0.702. The molecule has 0 aromatic carbocycles. The van der Waals surface area contributed by atoms with E-state index in [1.165, 1.54) is 0 Å². The summed E-state index contributed by atoms with van der Waals surface area (Å²) in [6, 6.07) is 0. The van der Waals surface area contributed by atoms with Gasteiger partial charge in [-0.2, -0.15) is 5.10 Å². The van der Waals surface area contributed by atoms with E-state index >= 15 is 0 Å². The van der Waals surface area contributed by atoms with Gasteiger partial charge in [-0.1, -0.05) is 0 Å². The van der Waals surface area contributed by atoms with Gasteiger partial charge in [0.05, 0.1) is 12.5 Å². The third-order valence-electron chi connectivity index (χ3n) is 2.45. The molecule has 80 valence electrons. The molecule has 0 atom stereocenters. The molecule has 0 unspecified atom stereocenters. The van der Waals surface area contributed by atoms with E-state index in [0.717, 1.165) is 24.3 Å². The summed E-state index contributed by atoms with van der Waals surface area (Å²) in [6.45, 7) is 5.78. The van der Waals surface area contributed by atoms with Gasteiger partial charge in [-0.05, 0) is 13.8 Å². The second kappa shape index (κ2) is 3.76. The molecule has 15 heavy (non-hydrogen) atoms. The summed E-state index contributed by atoms with van der Waals surface area (Å²) < 4.78 is 3.78. The molecule has 0 saturated heterocycles. The molecule has 0 spiro atoms. The lowest BCUT2D eigenvalue weighted by molar-refractivity contribution is 0.660. The van der Waals surface area contributed by atoms with Crippen LogP contribution in [0.15, 0.2) is 18.7 Å². The lowest BCUT2D eigenvalue weighted by Gasteiger charge is -1.99. The Morgan fingerprint density at radius 2 is 2.13 bits per heavy atom. The van der Waals surface area contributed by atoms with E-state index < -0.39 is 0 Å². The predicted octanol–water partition coefficient (Wildman–Crippen LogP) is 1.37. The number of nitrogens with zero attached hydrogens (tertiary/aromatic N) is 4. The maximum atomic E-state index is 5.96. The summed E-state index contributed by atoms with van der Waals surface area (Å²) in [4.78, 5) is 4.29. The van der Waals surface area contributed by atoms with Crippen LogP contribution in [-0.2, 0) is 13.1 Å². The molecule has 0 bridgehead atoms. The first-order valence-corrected chi connectivity index (χ1v) is 5.09. The van der Waals surface area contributed by atoms with Crippen LogP contribution in [0.25, 0.3) is 11.3 Å². The van der Waals surface area contributed by atoms with Crippen LogP contribution in [-0.4, -0.2) is 19.3 Å². The summed E-state index contributed by atoms with van der Waals surface area (Å²) >= 11 is 0. The SMILES string of the molecule is CCn1cc(-c2ncn(CC)c2N)cn1. The topological polar surface area (TPSA) is 61.7 Å². The monoisotopic (exact) mass is 205 g/mol. The van der Waals surface area contributed by atoms with Crippen molar-refractivity contribution in [3.8, 4) is 11.3 Å². The highest BCUT2D eigenvalue weighted by Crippen LogP contribution is 2.23. The molecule has 2 N–H and O–H groups in total. The first kappa shape index (κ1) is 9.76. The van der Waals surface area contributed by atoms with Crippen LogP contribution in [0.4, 0.5) is 5.82 Å². The van der Waals surface area contributed by atoms with E-state index in [1.807, 2.05) is 29.3 Å². The van der Waals surface area contributed by atoms with Crippen molar-refractivity contribution in [2.45, 2.75) is 26.9 Å². The summed E-state index contributed by atoms with van der Waals surface area (Å²) in [5, 5.41) is 4.20. The molecular formula is C10H15N5. The lowest BCUT2D eigenvalue weighted by atomic mass is 10.2. The molecular weight excluding hydrogens is 190 g/mol. The Kier molecular flexibility index (Phi) is 2.45. The minimum atomic E-state index is 0.702. The van der Waals surface area contributed by atoms with Gasteiger partial charge in [0.15, 0.2) is 0 Å². The standard InChI is InChI=1S/C10H15N5/c1-3-14-7-12-9(10(14)11)8-5-13-15(4-2)6-8/h5-7H,3-4,11H2,1-2H3. The van der Waals surface area contributed by atoms with E-state index in [1.54, 1.807) is 12.5 Å². The second-order valence-electron chi connectivity index (χ2n) is 3.35. The first-order valence-electron chi connectivity index (χ1n) is 5.09. The quantitative estimate of drug-likeness (QED) is 0.823. The Bertz CT molecular complexity index is 454. The van der Waals surface area contributed by atoms with Gasteiger partial charge in [-0.25, -0.2) is 4.98 Å². The number of rotatable bonds is 3. The van der Waals surface area contributed by atoms with Crippen LogP contribution in [0.1, 0.15) is 13.8 Å². The average molecular weight is 205 g/mol. The largest absolute Gasteiger partial charge is 0.383 e. The zero-order chi connectivity index (χ0) is 10.8. The van der Waals surface area contributed by atoms with Gasteiger partial charge in [0, 0.05) is 24.8 Å². The van der Waals surface area contributed by atoms with Crippen molar-refractivity contribution in [2.75, 3.05) is 5.73 Å². The van der Waals surface area contributed by atoms with Gasteiger partial charge >= 0.3 is 0 Å². The van der Waals surface area contributed by atoms with Crippen molar-refractivity contribution in [1.29, 1.82) is 0 Å². The van der Waals surface area contributed by atoms with Crippen molar-refractivity contribution in [1.82, 2.24) is 19.3 Å². The number of nitrogens with two attached hydrogens (primary N) is 1. The Morgan fingerprint density at radius 1 is 1.33 bits per heavy atom. The third-order valence-corrected chi connectivity index (χ3v) is 2.45. The fraction of sp³-hybridized carbons (Fsp3) is 0.400. The van der Waals surface area contributed by atoms with Gasteiger partial charge in [-0.3, -0.25) is 4.68 Å². The van der Waals surface area contributed by atoms with Crippen molar-refractivity contribution < 1.29 is 0 Å². The number of nitrogen functional groups attached to an aromatic ring is 1. The molecule has 2 heterocycles. The number of hydrogen-bond acceptors (Lipinski definition) is 3. The van der Waals surface area contributed by atoms with Crippen molar-refractivity contribution >= 4 is 5.82 Å². The number of imidazole rings is 1. The van der Waals surface area contributed by atoms with Crippen LogP contribution in [0.5, 0.6) is 0 Å². The van der Waals surface area contributed by atoms with Crippen LogP contribution >= 0.6 is 0 Å². The Morgan fingerprint density at radius 3 is 2.67 bits per heavy atom. The first-order chi connectivity index (χ1) is 7.26. The molecule has 0 aliphatic rings. The lowest BCUT2D eigenvalue weighted by Crippen LogP contribution is -1.99. The normalized spacial score (nSPS) is 10.8. The molecule has 0 radical (unpaired) electrons. The molecule has 2 rings (SSSR count). The van der Waals surface area contributed by atoms with Gasteiger partial charge < -0.3 is 10.3 Å². The molecule has 0 fully saturated rings. The summed E-state index contributed by atoms with van der Waals surface area (Å²) in [5.74, 6) is 0.702. The van der Waals surface area contributed by atoms with Crippen molar-refractivity contribution in [2.24, 2.45) is 0 Å². The smallest absolute Gasteiger partial charge is 0.131 e. The molecule has 2 aromatic heterocycles. The van der Waals surface area contributed by atoms with Gasteiger partial charge in [-0.15, -0.1) is 0 Å². The van der Waals surface area contributed by atoms with Crippen LogP contribution < -0.4 is 5.73 Å². The molecule has 5 heteroatoms. The van der Waals surface area contributed by atoms with Crippen molar-refractivity contribution in [3.05, 3.63) is 18.7 Å². The second-order valence-corrected chi connectivity index (χ2v) is 3.35. The highest BCUT2D eigenvalue weighted by atomic mass is 15.3. The van der Waals surface area contributed by atoms with Crippen LogP contribution in [0.2, 0.25) is 0 Å². The zero-order valence-corrected chi connectivity index (χ0v) is 9.01. The maximum Gasteiger partial charge on any atom is 0.131 e. The molecule has 0 amide bonds. The minimum Gasteiger partial charge on any atom is -0.383 e. The number of aryl methyl sites for hydroxylation is 2.